The minimum Gasteiger partial charge on any atom is -0.353 e. The molecule has 1 atom stereocenters. The number of halogens is 3. The molecule has 5 rings (SSSR count). The number of anilines is 1. The fourth-order valence-electron chi connectivity index (χ4n) is 5.51. The van der Waals surface area contributed by atoms with E-state index in [-0.39, 0.29) is 29.6 Å². The van der Waals surface area contributed by atoms with Gasteiger partial charge in [0.25, 0.3) is 0 Å². The van der Waals surface area contributed by atoms with Gasteiger partial charge >= 0.3 is 6.18 Å². The Kier molecular flexibility index (Phi) is 6.19. The van der Waals surface area contributed by atoms with Crippen LogP contribution in [0.4, 0.5) is 19.0 Å². The highest BCUT2D eigenvalue weighted by Gasteiger charge is 2.59. The Morgan fingerprint density at radius 2 is 1.69 bits per heavy atom. The number of pyridine rings is 1. The van der Waals surface area contributed by atoms with Gasteiger partial charge in [0.2, 0.25) is 11.8 Å². The Morgan fingerprint density at radius 3 is 2.34 bits per heavy atom. The zero-order valence-electron chi connectivity index (χ0n) is 19.5. The highest BCUT2D eigenvalue weighted by molar-refractivity contribution is 5.83. The number of carbonyl (C=O) groups is 2. The van der Waals surface area contributed by atoms with Crippen LogP contribution < -0.4 is 4.90 Å². The average Bonchev–Trinajstić information content (AvgIpc) is 3.57. The third-order valence-corrected chi connectivity index (χ3v) is 7.77. The van der Waals surface area contributed by atoms with E-state index in [1.54, 1.807) is 17.2 Å². The van der Waals surface area contributed by atoms with Crippen molar-refractivity contribution in [2.45, 2.75) is 31.9 Å². The summed E-state index contributed by atoms with van der Waals surface area (Å²) in [6.45, 7) is 4.00. The highest BCUT2D eigenvalue weighted by Crippen LogP contribution is 2.60. The fourth-order valence-corrected chi connectivity index (χ4v) is 5.51. The van der Waals surface area contributed by atoms with Gasteiger partial charge in [-0.1, -0.05) is 24.3 Å². The van der Waals surface area contributed by atoms with Gasteiger partial charge in [-0.2, -0.15) is 13.2 Å². The van der Waals surface area contributed by atoms with Crippen molar-refractivity contribution < 1.29 is 22.8 Å². The lowest BCUT2D eigenvalue weighted by molar-refractivity contribution is -0.138. The molecule has 1 aromatic heterocycles. The van der Waals surface area contributed by atoms with Crippen LogP contribution in [-0.2, 0) is 22.2 Å². The minimum absolute atomic E-state index is 0.0182. The molecule has 3 aliphatic rings. The Hall–Kier alpha value is -3.10. The first-order chi connectivity index (χ1) is 16.7. The first-order valence-electron chi connectivity index (χ1n) is 12.1. The molecule has 2 saturated heterocycles. The molecule has 0 bridgehead atoms. The van der Waals surface area contributed by atoms with E-state index in [0.717, 1.165) is 50.3 Å². The lowest BCUT2D eigenvalue weighted by atomic mass is 9.90. The summed E-state index contributed by atoms with van der Waals surface area (Å²) in [5.74, 6) is 1.01. The Labute approximate surface area is 202 Å². The number of aromatic nitrogens is 1. The Bertz CT molecular complexity index is 1080. The van der Waals surface area contributed by atoms with Gasteiger partial charge < -0.3 is 14.7 Å². The number of alkyl halides is 3. The van der Waals surface area contributed by atoms with Crippen LogP contribution in [0.1, 0.15) is 30.4 Å². The number of likely N-dealkylation sites (tertiary alicyclic amines) is 1. The zero-order chi connectivity index (χ0) is 24.6. The molecule has 35 heavy (non-hydrogen) atoms. The first kappa shape index (κ1) is 23.6. The van der Waals surface area contributed by atoms with Crippen molar-refractivity contribution in [3.05, 3.63) is 59.8 Å². The lowest BCUT2D eigenvalue weighted by Gasteiger charge is -2.37. The van der Waals surface area contributed by atoms with E-state index in [2.05, 4.69) is 9.88 Å². The summed E-state index contributed by atoms with van der Waals surface area (Å²) in [6, 6.07) is 10.8. The van der Waals surface area contributed by atoms with Crippen molar-refractivity contribution in [2.75, 3.05) is 44.2 Å². The summed E-state index contributed by atoms with van der Waals surface area (Å²) in [5, 5.41) is 0. The molecule has 186 valence electrons. The summed E-state index contributed by atoms with van der Waals surface area (Å²) < 4.78 is 38.9. The van der Waals surface area contributed by atoms with Gasteiger partial charge in [-0.05, 0) is 48.4 Å². The number of benzene rings is 1. The molecule has 3 fully saturated rings. The van der Waals surface area contributed by atoms with Crippen molar-refractivity contribution in [3.63, 3.8) is 0 Å². The quantitative estimate of drug-likeness (QED) is 0.663. The molecule has 1 saturated carbocycles. The van der Waals surface area contributed by atoms with Crippen LogP contribution in [0, 0.1) is 11.3 Å². The molecule has 2 aliphatic heterocycles. The summed E-state index contributed by atoms with van der Waals surface area (Å²) in [5.41, 5.74) is -0.391. The fraction of sp³-hybridized carbons (Fsp3) is 0.500. The number of rotatable bonds is 4. The Morgan fingerprint density at radius 1 is 0.943 bits per heavy atom. The van der Waals surface area contributed by atoms with Crippen LogP contribution in [0.15, 0.2) is 48.7 Å². The smallest absolute Gasteiger partial charge is 0.353 e. The molecular formula is C26H29F3N4O2. The number of piperazine rings is 1. The maximum Gasteiger partial charge on any atom is 0.416 e. The van der Waals surface area contributed by atoms with Crippen molar-refractivity contribution in [2.24, 2.45) is 11.3 Å². The largest absolute Gasteiger partial charge is 0.416 e. The summed E-state index contributed by atoms with van der Waals surface area (Å²) in [7, 11) is 0. The van der Waals surface area contributed by atoms with E-state index in [1.165, 1.54) is 6.07 Å². The van der Waals surface area contributed by atoms with Crippen LogP contribution in [-0.4, -0.2) is 65.9 Å². The van der Waals surface area contributed by atoms with Crippen molar-refractivity contribution in [3.8, 4) is 0 Å². The molecule has 2 aromatic rings. The van der Waals surface area contributed by atoms with Gasteiger partial charge in [0.15, 0.2) is 0 Å². The highest BCUT2D eigenvalue weighted by atomic mass is 19.4. The van der Waals surface area contributed by atoms with Gasteiger partial charge in [-0.3, -0.25) is 9.59 Å². The molecular weight excluding hydrogens is 457 g/mol. The average molecular weight is 487 g/mol. The van der Waals surface area contributed by atoms with Gasteiger partial charge in [0.1, 0.15) is 5.82 Å². The third-order valence-electron chi connectivity index (χ3n) is 7.77. The second kappa shape index (κ2) is 9.17. The molecule has 0 radical (unpaired) electrons. The summed E-state index contributed by atoms with van der Waals surface area (Å²) in [4.78, 5) is 36.2. The van der Waals surface area contributed by atoms with Gasteiger partial charge in [-0.25, -0.2) is 4.98 Å². The maximum atomic E-state index is 13.2. The molecule has 3 heterocycles. The van der Waals surface area contributed by atoms with Crippen LogP contribution in [0.5, 0.6) is 0 Å². The maximum absolute atomic E-state index is 13.2. The van der Waals surface area contributed by atoms with E-state index in [0.29, 0.717) is 31.7 Å². The molecule has 2 amide bonds. The van der Waals surface area contributed by atoms with Crippen molar-refractivity contribution in [1.29, 1.82) is 0 Å². The van der Waals surface area contributed by atoms with E-state index in [9.17, 15) is 22.8 Å². The Balaban J connectivity index is 1.10. The molecule has 0 unspecified atom stereocenters. The molecule has 0 N–H and O–H groups in total. The van der Waals surface area contributed by atoms with E-state index >= 15 is 0 Å². The SMILES string of the molecule is O=C(Cc1cccc(C(F)(F)F)c1)N1CCC2(CC1)C[C@H]2C(=O)N1CCN(c2ccccn2)CC1. The molecule has 1 aliphatic carbocycles. The van der Waals surface area contributed by atoms with Gasteiger partial charge in [-0.15, -0.1) is 0 Å². The minimum atomic E-state index is -4.42. The number of amides is 2. The van der Waals surface area contributed by atoms with Gasteiger partial charge in [0, 0.05) is 51.4 Å². The van der Waals surface area contributed by atoms with Crippen molar-refractivity contribution >= 4 is 17.6 Å². The summed E-state index contributed by atoms with van der Waals surface area (Å²) in [6.07, 6.45) is -0.286. The van der Waals surface area contributed by atoms with E-state index in [4.69, 9.17) is 0 Å². The number of piperidine rings is 1. The molecule has 6 nitrogen and oxygen atoms in total. The number of hydrogen-bond acceptors (Lipinski definition) is 4. The second-order valence-corrected chi connectivity index (χ2v) is 9.88. The predicted molar refractivity (Wildman–Crippen MR) is 125 cm³/mol. The topological polar surface area (TPSA) is 56.8 Å². The second-order valence-electron chi connectivity index (χ2n) is 9.88. The normalized spacial score (nSPS) is 21.8. The molecule has 1 spiro atoms. The van der Waals surface area contributed by atoms with Crippen LogP contribution in [0.3, 0.4) is 0 Å². The number of nitrogens with zero attached hydrogens (tertiary/aromatic N) is 4. The molecule has 1 aromatic carbocycles. The van der Waals surface area contributed by atoms with Crippen LogP contribution in [0.25, 0.3) is 0 Å². The number of hydrogen-bond donors (Lipinski definition) is 0. The third kappa shape index (κ3) is 4.99. The first-order valence-corrected chi connectivity index (χ1v) is 12.1. The van der Waals surface area contributed by atoms with E-state index in [1.807, 2.05) is 23.1 Å². The standard InChI is InChI=1S/C26H29F3N4O2/c27-26(28,29)20-5-3-4-19(16-20)17-23(34)32-10-7-25(8-11-32)18-21(25)24(35)33-14-12-31(13-15-33)22-6-1-2-9-30-22/h1-6,9,16,21H,7-8,10-15,17-18H2/t21-/m0/s1. The predicted octanol–water partition coefficient (Wildman–Crippen LogP) is 3.62. The number of carbonyl (C=O) groups excluding carboxylic acids is 2. The van der Waals surface area contributed by atoms with Gasteiger partial charge in [0.05, 0.1) is 12.0 Å². The van der Waals surface area contributed by atoms with E-state index < -0.39 is 11.7 Å². The van der Waals surface area contributed by atoms with Crippen molar-refractivity contribution in [1.82, 2.24) is 14.8 Å². The molecule has 9 heteroatoms. The monoisotopic (exact) mass is 486 g/mol. The lowest BCUT2D eigenvalue weighted by Crippen LogP contribution is -2.50. The van der Waals surface area contributed by atoms with Crippen LogP contribution >= 0.6 is 0 Å². The zero-order valence-corrected chi connectivity index (χ0v) is 19.5. The summed E-state index contributed by atoms with van der Waals surface area (Å²) >= 11 is 0. The van der Waals surface area contributed by atoms with Crippen LogP contribution in [0.2, 0.25) is 0 Å².